The third-order valence-corrected chi connectivity index (χ3v) is 3.14. The highest BCUT2D eigenvalue weighted by molar-refractivity contribution is 7.80. The van der Waals surface area contributed by atoms with Crippen molar-refractivity contribution in [1.29, 1.82) is 0 Å². The molecule has 6 heteroatoms. The predicted molar refractivity (Wildman–Crippen MR) is 82.5 cm³/mol. The van der Waals surface area contributed by atoms with Crippen molar-refractivity contribution in [3.05, 3.63) is 46.7 Å². The van der Waals surface area contributed by atoms with Crippen molar-refractivity contribution in [3.8, 4) is 0 Å². The van der Waals surface area contributed by atoms with E-state index in [1.807, 2.05) is 38.4 Å². The number of benzene rings is 1. The van der Waals surface area contributed by atoms with Gasteiger partial charge in [-0.2, -0.15) is 5.10 Å². The topological polar surface area (TPSA) is 41.9 Å². The molecule has 1 aromatic heterocycles. The fourth-order valence-electron chi connectivity index (χ4n) is 1.64. The Bertz CT molecular complexity index is 594. The third-order valence-electron chi connectivity index (χ3n) is 2.66. The first kappa shape index (κ1) is 13.8. The summed E-state index contributed by atoms with van der Waals surface area (Å²) in [7, 11) is 1.88. The number of aromatic nitrogens is 2. The maximum absolute atomic E-state index is 5.96. The van der Waals surface area contributed by atoms with Crippen LogP contribution in [-0.2, 0) is 13.6 Å². The maximum Gasteiger partial charge on any atom is 0.171 e. The van der Waals surface area contributed by atoms with Gasteiger partial charge in [-0.25, -0.2) is 0 Å². The van der Waals surface area contributed by atoms with Gasteiger partial charge in [0.05, 0.1) is 6.20 Å². The number of hydrogen-bond acceptors (Lipinski definition) is 2. The third kappa shape index (κ3) is 3.94. The lowest BCUT2D eigenvalue weighted by atomic mass is 10.2. The van der Waals surface area contributed by atoms with Gasteiger partial charge in [0.2, 0.25) is 0 Å². The first-order chi connectivity index (χ1) is 9.04. The normalized spacial score (nSPS) is 10.3. The molecule has 2 N–H and O–H groups in total. The number of nitrogens with zero attached hydrogens (tertiary/aromatic N) is 2. The second-order valence-corrected chi connectivity index (χ2v) is 5.13. The zero-order chi connectivity index (χ0) is 13.8. The van der Waals surface area contributed by atoms with E-state index in [0.29, 0.717) is 16.7 Å². The van der Waals surface area contributed by atoms with Gasteiger partial charge >= 0.3 is 0 Å². The summed E-state index contributed by atoms with van der Waals surface area (Å²) in [5, 5.41) is 11.6. The average Bonchev–Trinajstić information content (AvgIpc) is 2.77. The quantitative estimate of drug-likeness (QED) is 0.854. The van der Waals surface area contributed by atoms with Gasteiger partial charge in [-0.15, -0.1) is 0 Å². The Balaban J connectivity index is 1.92. The first-order valence-electron chi connectivity index (χ1n) is 5.83. The standard InChI is InChI=1S/C13H15ClN4S/c1-9-3-4-11(14)5-12(9)17-13(19)15-6-10-7-16-18(2)8-10/h3-5,7-8H,6H2,1-2H3,(H2,15,17,19). The van der Waals surface area contributed by atoms with E-state index in [9.17, 15) is 0 Å². The van der Waals surface area contributed by atoms with Gasteiger partial charge in [0.25, 0.3) is 0 Å². The Kier molecular flexibility index (Phi) is 4.39. The number of halogens is 1. The second-order valence-electron chi connectivity index (χ2n) is 4.29. The van der Waals surface area contributed by atoms with Gasteiger partial charge in [-0.1, -0.05) is 17.7 Å². The molecule has 1 aromatic carbocycles. The monoisotopic (exact) mass is 294 g/mol. The Morgan fingerprint density at radius 3 is 2.95 bits per heavy atom. The summed E-state index contributed by atoms with van der Waals surface area (Å²) >= 11 is 11.2. The van der Waals surface area contributed by atoms with Gasteiger partial charge in [-0.3, -0.25) is 4.68 Å². The molecule has 0 atom stereocenters. The molecule has 0 amide bonds. The van der Waals surface area contributed by atoms with Gasteiger partial charge in [0, 0.05) is 36.1 Å². The van der Waals surface area contributed by atoms with Crippen LogP contribution in [0.25, 0.3) is 0 Å². The molecule has 100 valence electrons. The van der Waals surface area contributed by atoms with E-state index < -0.39 is 0 Å². The van der Waals surface area contributed by atoms with E-state index in [1.54, 1.807) is 10.9 Å². The van der Waals surface area contributed by atoms with E-state index in [0.717, 1.165) is 16.8 Å². The fourth-order valence-corrected chi connectivity index (χ4v) is 2.00. The van der Waals surface area contributed by atoms with Crippen LogP contribution in [-0.4, -0.2) is 14.9 Å². The number of anilines is 1. The smallest absolute Gasteiger partial charge is 0.171 e. The number of thiocarbonyl (C=S) groups is 1. The molecule has 2 aromatic rings. The number of aryl methyl sites for hydroxylation is 2. The lowest BCUT2D eigenvalue weighted by molar-refractivity contribution is 0.766. The Labute approximate surface area is 122 Å². The largest absolute Gasteiger partial charge is 0.358 e. The highest BCUT2D eigenvalue weighted by Gasteiger charge is 2.03. The number of rotatable bonds is 3. The van der Waals surface area contributed by atoms with Crippen LogP contribution < -0.4 is 10.6 Å². The lowest BCUT2D eigenvalue weighted by Gasteiger charge is -2.12. The van der Waals surface area contributed by atoms with Gasteiger partial charge < -0.3 is 10.6 Å². The molecule has 0 aliphatic carbocycles. The summed E-state index contributed by atoms with van der Waals surface area (Å²) < 4.78 is 1.76. The molecule has 1 heterocycles. The van der Waals surface area contributed by atoms with Crippen LogP contribution in [0, 0.1) is 6.92 Å². The molecule has 19 heavy (non-hydrogen) atoms. The van der Waals surface area contributed by atoms with Gasteiger partial charge in [-0.05, 0) is 36.8 Å². The average molecular weight is 295 g/mol. The summed E-state index contributed by atoms with van der Waals surface area (Å²) in [5.41, 5.74) is 3.08. The van der Waals surface area contributed by atoms with Crippen molar-refractivity contribution in [2.75, 3.05) is 5.32 Å². The van der Waals surface area contributed by atoms with E-state index in [-0.39, 0.29) is 0 Å². The maximum atomic E-state index is 5.96. The molecule has 0 spiro atoms. The molecule has 0 unspecified atom stereocenters. The van der Waals surface area contributed by atoms with Crippen LogP contribution in [0.4, 0.5) is 5.69 Å². The van der Waals surface area contributed by atoms with E-state index in [1.165, 1.54) is 0 Å². The van der Waals surface area contributed by atoms with Crippen molar-refractivity contribution < 1.29 is 0 Å². The molecule has 0 fully saturated rings. The molecule has 0 bridgehead atoms. The highest BCUT2D eigenvalue weighted by atomic mass is 35.5. The van der Waals surface area contributed by atoms with Crippen LogP contribution in [0.5, 0.6) is 0 Å². The van der Waals surface area contributed by atoms with Crippen LogP contribution in [0.1, 0.15) is 11.1 Å². The minimum atomic E-state index is 0.564. The summed E-state index contributed by atoms with van der Waals surface area (Å²) in [6.07, 6.45) is 3.75. The molecule has 4 nitrogen and oxygen atoms in total. The van der Waals surface area contributed by atoms with Crippen LogP contribution in [0.15, 0.2) is 30.6 Å². The molecule has 0 aliphatic heterocycles. The Morgan fingerprint density at radius 2 is 2.26 bits per heavy atom. The number of nitrogens with one attached hydrogen (secondary N) is 2. The summed E-state index contributed by atoms with van der Waals surface area (Å²) in [4.78, 5) is 0. The van der Waals surface area contributed by atoms with Crippen molar-refractivity contribution in [2.45, 2.75) is 13.5 Å². The molecular weight excluding hydrogens is 280 g/mol. The lowest BCUT2D eigenvalue weighted by Crippen LogP contribution is -2.28. The van der Waals surface area contributed by atoms with Crippen LogP contribution >= 0.6 is 23.8 Å². The molecule has 2 rings (SSSR count). The van der Waals surface area contributed by atoms with Crippen LogP contribution in [0.3, 0.4) is 0 Å². The summed E-state index contributed by atoms with van der Waals surface area (Å²) in [6, 6.07) is 5.66. The fraction of sp³-hybridized carbons (Fsp3) is 0.231. The zero-order valence-corrected chi connectivity index (χ0v) is 12.3. The van der Waals surface area contributed by atoms with Crippen LogP contribution in [0.2, 0.25) is 5.02 Å². The summed E-state index contributed by atoms with van der Waals surface area (Å²) in [5.74, 6) is 0. The minimum Gasteiger partial charge on any atom is -0.358 e. The molecule has 0 aliphatic rings. The molecule has 0 saturated heterocycles. The van der Waals surface area contributed by atoms with Gasteiger partial charge in [0.1, 0.15) is 0 Å². The van der Waals surface area contributed by atoms with Crippen molar-refractivity contribution >= 4 is 34.6 Å². The second kappa shape index (κ2) is 6.04. The Hall–Kier alpha value is -1.59. The summed E-state index contributed by atoms with van der Waals surface area (Å²) in [6.45, 7) is 2.64. The highest BCUT2D eigenvalue weighted by Crippen LogP contribution is 2.19. The SMILES string of the molecule is Cc1ccc(Cl)cc1NC(=S)NCc1cnn(C)c1. The van der Waals surface area contributed by atoms with Gasteiger partial charge in [0.15, 0.2) is 5.11 Å². The number of hydrogen-bond donors (Lipinski definition) is 2. The molecule has 0 saturated carbocycles. The van der Waals surface area contributed by atoms with Crippen molar-refractivity contribution in [2.24, 2.45) is 7.05 Å². The van der Waals surface area contributed by atoms with Crippen molar-refractivity contribution in [1.82, 2.24) is 15.1 Å². The predicted octanol–water partition coefficient (Wildman–Crippen LogP) is 2.87. The molecule has 0 radical (unpaired) electrons. The zero-order valence-electron chi connectivity index (χ0n) is 10.8. The molecular formula is C13H15ClN4S. The minimum absolute atomic E-state index is 0.564. The first-order valence-corrected chi connectivity index (χ1v) is 6.62. The van der Waals surface area contributed by atoms with E-state index >= 15 is 0 Å². The van der Waals surface area contributed by atoms with E-state index in [4.69, 9.17) is 23.8 Å². The van der Waals surface area contributed by atoms with Crippen molar-refractivity contribution in [3.63, 3.8) is 0 Å². The van der Waals surface area contributed by atoms with E-state index in [2.05, 4.69) is 15.7 Å². The Morgan fingerprint density at radius 1 is 1.47 bits per heavy atom.